The Morgan fingerprint density at radius 3 is 2.26 bits per heavy atom. The van der Waals surface area contributed by atoms with Gasteiger partial charge in [-0.05, 0) is 43.7 Å². The zero-order valence-electron chi connectivity index (χ0n) is 20.2. The molecule has 0 aliphatic rings. The molecule has 0 aliphatic carbocycles. The van der Waals surface area contributed by atoms with E-state index in [4.69, 9.17) is 9.47 Å². The molecule has 10 nitrogen and oxygen atoms in total. The average molecular weight is 494 g/mol. The van der Waals surface area contributed by atoms with Crippen molar-refractivity contribution in [2.24, 2.45) is 0 Å². The largest absolute Gasteiger partial charge is 0.494 e. The van der Waals surface area contributed by atoms with Gasteiger partial charge in [0, 0.05) is 36.3 Å². The van der Waals surface area contributed by atoms with Crippen molar-refractivity contribution in [3.63, 3.8) is 0 Å². The Hall–Kier alpha value is -3.86. The summed E-state index contributed by atoms with van der Waals surface area (Å²) in [6.07, 6.45) is 6.88. The van der Waals surface area contributed by atoms with Gasteiger partial charge in [0.15, 0.2) is 5.82 Å². The normalized spacial score (nSPS) is 13.6. The van der Waals surface area contributed by atoms with E-state index < -0.39 is 11.0 Å². The molecule has 11 heteroatoms. The molecule has 0 saturated heterocycles. The lowest BCUT2D eigenvalue weighted by Crippen LogP contribution is -2.26. The van der Waals surface area contributed by atoms with Crippen molar-refractivity contribution in [1.29, 1.82) is 0 Å². The Balaban J connectivity index is 1.76. The van der Waals surface area contributed by atoms with Gasteiger partial charge >= 0.3 is 0 Å². The Bertz CT molecular complexity index is 1290. The Kier molecular flexibility index (Phi) is 7.35. The molecule has 1 aromatic carbocycles. The molecule has 0 amide bonds. The number of para-hydroxylation sites is 1. The van der Waals surface area contributed by atoms with Gasteiger partial charge in [-0.2, -0.15) is 0 Å². The van der Waals surface area contributed by atoms with E-state index in [0.29, 0.717) is 28.8 Å². The summed E-state index contributed by atoms with van der Waals surface area (Å²) in [5.41, 5.74) is 2.26. The highest BCUT2D eigenvalue weighted by Crippen LogP contribution is 2.37. The van der Waals surface area contributed by atoms with Gasteiger partial charge in [0.2, 0.25) is 5.95 Å². The molecule has 3 unspecified atom stereocenters. The topological polar surface area (TPSA) is 117 Å². The number of anilines is 1. The maximum absolute atomic E-state index is 13.4. The summed E-state index contributed by atoms with van der Waals surface area (Å²) in [6, 6.07) is 9.13. The van der Waals surface area contributed by atoms with Crippen molar-refractivity contribution >= 4 is 16.9 Å². The highest BCUT2D eigenvalue weighted by Gasteiger charge is 2.27. The van der Waals surface area contributed by atoms with E-state index in [-0.39, 0.29) is 17.1 Å². The zero-order chi connectivity index (χ0) is 24.9. The molecule has 4 aromatic rings. The third-order valence-corrected chi connectivity index (χ3v) is 7.12. The fourth-order valence-electron chi connectivity index (χ4n) is 3.51. The Labute approximate surface area is 206 Å². The van der Waals surface area contributed by atoms with Crippen molar-refractivity contribution in [1.82, 2.24) is 29.7 Å². The molecule has 0 saturated carbocycles. The minimum absolute atomic E-state index is 0.168. The molecular weight excluding hydrogens is 466 g/mol. The number of nitrogens with zero attached hydrogens (tertiary/aromatic N) is 6. The van der Waals surface area contributed by atoms with Crippen LogP contribution in [0.4, 0.5) is 5.95 Å². The summed E-state index contributed by atoms with van der Waals surface area (Å²) in [4.78, 5) is 13.0. The van der Waals surface area contributed by atoms with Crippen molar-refractivity contribution in [3.05, 3.63) is 66.5 Å². The number of pyridine rings is 1. The van der Waals surface area contributed by atoms with Crippen LogP contribution in [-0.4, -0.2) is 53.4 Å². The molecule has 3 aromatic heterocycles. The van der Waals surface area contributed by atoms with Crippen LogP contribution in [0.25, 0.3) is 17.1 Å². The van der Waals surface area contributed by atoms with Gasteiger partial charge in [0.1, 0.15) is 34.0 Å². The van der Waals surface area contributed by atoms with Crippen LogP contribution in [0.3, 0.4) is 0 Å². The van der Waals surface area contributed by atoms with Gasteiger partial charge in [0.25, 0.3) is 0 Å². The summed E-state index contributed by atoms with van der Waals surface area (Å²) >= 11 is 0. The van der Waals surface area contributed by atoms with E-state index in [2.05, 4.69) is 29.9 Å². The van der Waals surface area contributed by atoms with Crippen LogP contribution in [0.2, 0.25) is 0 Å². The van der Waals surface area contributed by atoms with E-state index in [1.807, 2.05) is 51.1 Å². The molecule has 3 heterocycles. The van der Waals surface area contributed by atoms with Gasteiger partial charge < -0.3 is 9.47 Å². The summed E-state index contributed by atoms with van der Waals surface area (Å²) in [7, 11) is 1.60. The first-order chi connectivity index (χ1) is 16.9. The lowest BCUT2D eigenvalue weighted by atomic mass is 10.1. The van der Waals surface area contributed by atoms with E-state index in [0.717, 1.165) is 11.1 Å². The van der Waals surface area contributed by atoms with Crippen LogP contribution < -0.4 is 14.2 Å². The molecule has 182 valence electrons. The number of aromatic nitrogens is 6. The molecule has 0 aliphatic heterocycles. The number of aryl methyl sites for hydroxylation is 1. The van der Waals surface area contributed by atoms with Gasteiger partial charge in [-0.3, -0.25) is 14.3 Å². The summed E-state index contributed by atoms with van der Waals surface area (Å²) < 4.78 is 29.4. The highest BCUT2D eigenvalue weighted by atomic mass is 32.2. The van der Waals surface area contributed by atoms with E-state index in [1.54, 1.807) is 43.6 Å². The number of nitrogens with one attached hydrogen (secondary N) is 1. The standard InChI is InChI=1S/C24H27N7O3S/c1-15-12-26-22(27-13-15)16(2)17(3)35(32)30-24-29-28-23(18-8-7-11-25-14-18)31(24)21-19(33-4)9-6-10-20(21)34-5/h6-14,16-17H,1-5H3,(H,29,30). The molecule has 0 bridgehead atoms. The van der Waals surface area contributed by atoms with Gasteiger partial charge in [-0.25, -0.2) is 14.2 Å². The molecule has 1 N–H and O–H groups in total. The second-order valence-electron chi connectivity index (χ2n) is 7.95. The zero-order valence-corrected chi connectivity index (χ0v) is 21.0. The van der Waals surface area contributed by atoms with Crippen LogP contribution in [0.15, 0.2) is 55.1 Å². The smallest absolute Gasteiger partial charge is 0.241 e. The number of rotatable bonds is 9. The van der Waals surface area contributed by atoms with Crippen molar-refractivity contribution in [2.45, 2.75) is 31.9 Å². The van der Waals surface area contributed by atoms with E-state index in [9.17, 15) is 4.21 Å². The predicted molar refractivity (Wildman–Crippen MR) is 134 cm³/mol. The van der Waals surface area contributed by atoms with Gasteiger partial charge in [-0.1, -0.05) is 13.0 Å². The van der Waals surface area contributed by atoms with E-state index >= 15 is 0 Å². The maximum atomic E-state index is 13.4. The maximum Gasteiger partial charge on any atom is 0.241 e. The third kappa shape index (κ3) is 4.99. The Morgan fingerprint density at radius 2 is 1.66 bits per heavy atom. The number of methoxy groups -OCH3 is 2. The molecule has 0 radical (unpaired) electrons. The second kappa shape index (κ2) is 10.6. The number of benzene rings is 1. The molecule has 4 rings (SSSR count). The highest BCUT2D eigenvalue weighted by molar-refractivity contribution is 7.87. The van der Waals surface area contributed by atoms with Crippen LogP contribution >= 0.6 is 0 Å². The van der Waals surface area contributed by atoms with Crippen molar-refractivity contribution < 1.29 is 13.7 Å². The quantitative estimate of drug-likeness (QED) is 0.375. The van der Waals surface area contributed by atoms with Gasteiger partial charge in [0.05, 0.1) is 19.5 Å². The minimum atomic E-state index is -1.55. The third-order valence-electron chi connectivity index (χ3n) is 5.65. The minimum Gasteiger partial charge on any atom is -0.494 e. The first-order valence-electron chi connectivity index (χ1n) is 11.0. The Morgan fingerprint density at radius 1 is 0.971 bits per heavy atom. The summed E-state index contributed by atoms with van der Waals surface area (Å²) in [6.45, 7) is 5.75. The second-order valence-corrected chi connectivity index (χ2v) is 9.49. The van der Waals surface area contributed by atoms with Gasteiger partial charge in [-0.15, -0.1) is 10.2 Å². The predicted octanol–water partition coefficient (Wildman–Crippen LogP) is 3.71. The molecule has 0 spiro atoms. The first kappa shape index (κ1) is 24.3. The van der Waals surface area contributed by atoms with Crippen LogP contribution in [0.1, 0.15) is 31.2 Å². The van der Waals surface area contributed by atoms with Crippen molar-refractivity contribution in [2.75, 3.05) is 18.9 Å². The lowest BCUT2D eigenvalue weighted by molar-refractivity contribution is 0.391. The molecule has 35 heavy (non-hydrogen) atoms. The van der Waals surface area contributed by atoms with Crippen LogP contribution in [0.5, 0.6) is 11.5 Å². The molecule has 0 fully saturated rings. The molecule has 3 atom stereocenters. The number of hydrogen-bond acceptors (Lipinski definition) is 8. The van der Waals surface area contributed by atoms with Crippen LogP contribution in [-0.2, 0) is 11.0 Å². The summed E-state index contributed by atoms with van der Waals surface area (Å²) in [5, 5.41) is 8.37. The SMILES string of the molecule is COc1cccc(OC)c1-n1c(NS(=O)C(C)C(C)c2ncc(C)cn2)nnc1-c1cccnc1. The lowest BCUT2D eigenvalue weighted by Gasteiger charge is -2.20. The summed E-state index contributed by atoms with van der Waals surface area (Å²) in [5.74, 6) is 2.30. The monoisotopic (exact) mass is 493 g/mol. The van der Waals surface area contributed by atoms with E-state index in [1.165, 1.54) is 0 Å². The number of hydrogen-bond donors (Lipinski definition) is 1. The van der Waals surface area contributed by atoms with Crippen LogP contribution in [0, 0.1) is 6.92 Å². The average Bonchev–Trinajstić information content (AvgIpc) is 3.30. The number of ether oxygens (including phenoxy) is 2. The molecular formula is C24H27N7O3S. The fourth-order valence-corrected chi connectivity index (χ4v) is 4.50. The fraction of sp³-hybridized carbons (Fsp3) is 0.292. The first-order valence-corrected chi connectivity index (χ1v) is 12.2. The van der Waals surface area contributed by atoms with Crippen molar-refractivity contribution in [3.8, 4) is 28.6 Å².